The Kier molecular flexibility index (Phi) is 7.24. The van der Waals surface area contributed by atoms with E-state index >= 15 is 0 Å². The summed E-state index contributed by atoms with van der Waals surface area (Å²) in [4.78, 5) is 36.4. The second kappa shape index (κ2) is 9.40. The van der Waals surface area contributed by atoms with Gasteiger partial charge < -0.3 is 19.8 Å². The second-order valence-corrected chi connectivity index (χ2v) is 7.30. The van der Waals surface area contributed by atoms with Crippen molar-refractivity contribution < 1.29 is 23.5 Å². The molecule has 1 aromatic heterocycles. The molecule has 0 radical (unpaired) electrons. The van der Waals surface area contributed by atoms with E-state index in [1.54, 1.807) is 19.9 Å². The Hall–Kier alpha value is -2.31. The lowest BCUT2D eigenvalue weighted by Gasteiger charge is -2.27. The van der Waals surface area contributed by atoms with Crippen LogP contribution in [0.5, 0.6) is 0 Å². The molecule has 0 unspecified atom stereocenters. The predicted molar refractivity (Wildman–Crippen MR) is 95.3 cm³/mol. The topological polar surface area (TPSA) is 97.6 Å². The Morgan fingerprint density at radius 2 is 1.92 bits per heavy atom. The zero-order chi connectivity index (χ0) is 19.1. The Balaban J connectivity index is 1.79. The fraction of sp³-hybridized carbons (Fsp3) is 0.632. The quantitative estimate of drug-likeness (QED) is 0.723. The highest BCUT2D eigenvalue weighted by Crippen LogP contribution is 2.23. The molecule has 1 aromatic rings. The third kappa shape index (κ3) is 5.89. The molecule has 7 heteroatoms. The molecular weight excluding hydrogens is 336 g/mol. The van der Waals surface area contributed by atoms with Gasteiger partial charge in [-0.05, 0) is 49.7 Å². The molecule has 0 spiro atoms. The van der Waals surface area contributed by atoms with Crippen LogP contribution in [0.2, 0.25) is 0 Å². The molecule has 1 aliphatic carbocycles. The molecule has 0 bridgehead atoms. The van der Waals surface area contributed by atoms with Crippen LogP contribution >= 0.6 is 0 Å². The number of amides is 2. The van der Waals surface area contributed by atoms with Gasteiger partial charge in [0.25, 0.3) is 11.8 Å². The van der Waals surface area contributed by atoms with Crippen molar-refractivity contribution in [3.63, 3.8) is 0 Å². The van der Waals surface area contributed by atoms with Crippen LogP contribution in [0.25, 0.3) is 0 Å². The van der Waals surface area contributed by atoms with Crippen molar-refractivity contribution in [1.29, 1.82) is 0 Å². The Labute approximate surface area is 153 Å². The third-order valence-corrected chi connectivity index (χ3v) is 4.68. The zero-order valence-corrected chi connectivity index (χ0v) is 15.6. The van der Waals surface area contributed by atoms with Crippen molar-refractivity contribution in [1.82, 2.24) is 10.6 Å². The number of hydrogen-bond acceptors (Lipinski definition) is 5. The lowest BCUT2D eigenvalue weighted by molar-refractivity contribution is -0.151. The van der Waals surface area contributed by atoms with Crippen LogP contribution in [0.4, 0.5) is 0 Å². The summed E-state index contributed by atoms with van der Waals surface area (Å²) in [6.45, 7) is 5.45. The van der Waals surface area contributed by atoms with Crippen molar-refractivity contribution in [3.05, 3.63) is 24.2 Å². The summed E-state index contributed by atoms with van der Waals surface area (Å²) in [6, 6.07) is 2.40. The summed E-state index contributed by atoms with van der Waals surface area (Å²) in [7, 11) is 0. The van der Waals surface area contributed by atoms with Gasteiger partial charge >= 0.3 is 5.97 Å². The van der Waals surface area contributed by atoms with Crippen LogP contribution in [-0.2, 0) is 14.3 Å². The maximum Gasteiger partial charge on any atom is 0.329 e. The average molecular weight is 364 g/mol. The number of rotatable bonds is 7. The van der Waals surface area contributed by atoms with Gasteiger partial charge in [0.2, 0.25) is 0 Å². The third-order valence-electron chi connectivity index (χ3n) is 4.68. The van der Waals surface area contributed by atoms with Crippen molar-refractivity contribution >= 4 is 17.8 Å². The summed E-state index contributed by atoms with van der Waals surface area (Å²) in [5, 5.41) is 5.50. The van der Waals surface area contributed by atoms with Gasteiger partial charge in [0.15, 0.2) is 12.4 Å². The second-order valence-electron chi connectivity index (χ2n) is 7.30. The van der Waals surface area contributed by atoms with Gasteiger partial charge in [-0.2, -0.15) is 0 Å². The minimum Gasteiger partial charge on any atom is -0.459 e. The van der Waals surface area contributed by atoms with Crippen molar-refractivity contribution in [2.45, 2.75) is 58.5 Å². The summed E-state index contributed by atoms with van der Waals surface area (Å²) in [5.74, 6) is -0.806. The largest absolute Gasteiger partial charge is 0.459 e. The minimum atomic E-state index is -0.851. The molecule has 0 aliphatic heterocycles. The van der Waals surface area contributed by atoms with Crippen LogP contribution in [-0.4, -0.2) is 36.5 Å². The van der Waals surface area contributed by atoms with Gasteiger partial charge in [0.05, 0.1) is 6.26 Å². The molecule has 1 heterocycles. The Morgan fingerprint density at radius 3 is 2.50 bits per heavy atom. The molecular formula is C19H28N2O5. The summed E-state index contributed by atoms with van der Waals surface area (Å²) >= 11 is 0. The molecule has 0 saturated heterocycles. The first-order chi connectivity index (χ1) is 12.4. The number of ether oxygens (including phenoxy) is 1. The highest BCUT2D eigenvalue weighted by atomic mass is 16.5. The Morgan fingerprint density at radius 1 is 1.23 bits per heavy atom. The van der Waals surface area contributed by atoms with E-state index in [9.17, 15) is 14.4 Å². The molecule has 2 amide bonds. The summed E-state index contributed by atoms with van der Waals surface area (Å²) in [5.41, 5.74) is 0. The molecule has 1 aliphatic rings. The zero-order valence-electron chi connectivity index (χ0n) is 15.6. The first kappa shape index (κ1) is 20.0. The van der Waals surface area contributed by atoms with E-state index in [1.165, 1.54) is 12.3 Å². The SMILES string of the molecule is CC1CCC(NC(=O)COC(=O)[C@H](NC(=O)c2ccco2)C(C)C)CC1. The van der Waals surface area contributed by atoms with Crippen LogP contribution in [0.3, 0.4) is 0 Å². The fourth-order valence-corrected chi connectivity index (χ4v) is 3.02. The first-order valence-corrected chi connectivity index (χ1v) is 9.17. The highest BCUT2D eigenvalue weighted by molar-refractivity contribution is 5.94. The normalized spacial score (nSPS) is 21.1. The lowest BCUT2D eigenvalue weighted by Crippen LogP contribution is -2.46. The smallest absolute Gasteiger partial charge is 0.329 e. The average Bonchev–Trinajstić information content (AvgIpc) is 3.14. The molecule has 2 N–H and O–H groups in total. The maximum atomic E-state index is 12.3. The number of nitrogens with one attached hydrogen (secondary N) is 2. The molecule has 1 atom stereocenters. The van der Waals surface area contributed by atoms with Gasteiger partial charge in [-0.1, -0.05) is 20.8 Å². The summed E-state index contributed by atoms with van der Waals surface area (Å²) < 4.78 is 10.1. The van der Waals surface area contributed by atoms with Crippen LogP contribution < -0.4 is 10.6 Å². The van der Waals surface area contributed by atoms with Crippen LogP contribution in [0.15, 0.2) is 22.8 Å². The molecule has 2 rings (SSSR count). The molecule has 0 aromatic carbocycles. The number of furan rings is 1. The van der Waals surface area contributed by atoms with E-state index in [2.05, 4.69) is 17.6 Å². The van der Waals surface area contributed by atoms with Gasteiger partial charge in [-0.3, -0.25) is 9.59 Å². The van der Waals surface area contributed by atoms with Gasteiger partial charge in [0, 0.05) is 6.04 Å². The van der Waals surface area contributed by atoms with E-state index in [0.29, 0.717) is 5.92 Å². The molecule has 7 nitrogen and oxygen atoms in total. The van der Waals surface area contributed by atoms with E-state index in [0.717, 1.165) is 25.7 Å². The van der Waals surface area contributed by atoms with Gasteiger partial charge in [0.1, 0.15) is 6.04 Å². The minimum absolute atomic E-state index is 0.118. The van der Waals surface area contributed by atoms with Crippen LogP contribution in [0, 0.1) is 11.8 Å². The van der Waals surface area contributed by atoms with Crippen LogP contribution in [0.1, 0.15) is 57.0 Å². The lowest BCUT2D eigenvalue weighted by atomic mass is 9.87. The van der Waals surface area contributed by atoms with Crippen molar-refractivity contribution in [2.75, 3.05) is 6.61 Å². The molecule has 1 saturated carbocycles. The highest BCUT2D eigenvalue weighted by Gasteiger charge is 2.28. The predicted octanol–water partition coefficient (Wildman–Crippen LogP) is 2.27. The first-order valence-electron chi connectivity index (χ1n) is 9.17. The van der Waals surface area contributed by atoms with E-state index < -0.39 is 17.9 Å². The summed E-state index contributed by atoms with van der Waals surface area (Å²) in [6.07, 6.45) is 5.48. The maximum absolute atomic E-state index is 12.3. The van der Waals surface area contributed by atoms with E-state index in [-0.39, 0.29) is 30.2 Å². The monoisotopic (exact) mass is 364 g/mol. The molecule has 1 fully saturated rings. The number of esters is 1. The van der Waals surface area contributed by atoms with Gasteiger partial charge in [-0.15, -0.1) is 0 Å². The number of hydrogen-bond donors (Lipinski definition) is 2. The standard InChI is InChI=1S/C19H28N2O5/c1-12(2)17(21-18(23)15-5-4-10-25-15)19(24)26-11-16(22)20-14-8-6-13(3)7-9-14/h4-5,10,12-14,17H,6-9,11H2,1-3H3,(H,20,22)(H,21,23)/t13?,14?,17-/m1/s1. The van der Waals surface area contributed by atoms with E-state index in [1.807, 2.05) is 0 Å². The van der Waals surface area contributed by atoms with E-state index in [4.69, 9.17) is 9.15 Å². The number of carbonyl (C=O) groups excluding carboxylic acids is 3. The number of carbonyl (C=O) groups is 3. The van der Waals surface area contributed by atoms with Crippen molar-refractivity contribution in [3.8, 4) is 0 Å². The molecule has 26 heavy (non-hydrogen) atoms. The fourth-order valence-electron chi connectivity index (χ4n) is 3.02. The van der Waals surface area contributed by atoms with Gasteiger partial charge in [-0.25, -0.2) is 4.79 Å². The Bertz CT molecular complexity index is 603. The van der Waals surface area contributed by atoms with Crippen molar-refractivity contribution in [2.24, 2.45) is 11.8 Å². The molecule has 144 valence electrons.